The quantitative estimate of drug-likeness (QED) is 0.156. The molecule has 0 bridgehead atoms. The Morgan fingerprint density at radius 2 is 0.786 bits per heavy atom. The van der Waals surface area contributed by atoms with Crippen LogP contribution in [-0.4, -0.2) is 11.3 Å². The normalized spacial score (nSPS) is 12.6. The fourth-order valence-electron chi connectivity index (χ4n) is 12.7. The second kappa shape index (κ2) is 15.6. The van der Waals surface area contributed by atoms with E-state index in [1.165, 1.54) is 161 Å². The summed E-state index contributed by atoms with van der Waals surface area (Å²) in [7, 11) is 0. The van der Waals surface area contributed by atoms with Crippen LogP contribution in [0.25, 0.3) is 88.2 Å². The first kappa shape index (κ1) is 42.2. The standard InChI is InChI=1S/C67H55BN2/c1-38-20-39(2)25-49(24-38)47-14-17-54(18-15-47)69-63-19-16-48(50-26-40(3)21-41(4)27-50)36-62(63)68-65-58(32-46(9)33-64(65)69)59-34-52(51-28-42(5)22-43(6)29-51)35-60-61-37-57(53-30-44(7)23-45(8)31-53)55-12-10-11-13-56(55)66(61)70(68)67(59)60/h10-37H,1-9H3. The van der Waals surface area contributed by atoms with Crippen molar-refractivity contribution in [3.8, 4) is 55.6 Å². The smallest absolute Gasteiger partial charge is 0.333 e. The Kier molecular flexibility index (Phi) is 9.40. The monoisotopic (exact) mass is 898 g/mol. The third-order valence-electron chi connectivity index (χ3n) is 15.1. The summed E-state index contributed by atoms with van der Waals surface area (Å²) in [4.78, 5) is 2.56. The molecule has 336 valence electrons. The zero-order chi connectivity index (χ0) is 47.9. The molecule has 0 radical (unpaired) electrons. The highest BCUT2D eigenvalue weighted by molar-refractivity contribution is 6.90. The average molecular weight is 899 g/mol. The number of hydrogen-bond donors (Lipinski definition) is 0. The number of fused-ring (bicyclic) bond motifs is 9. The van der Waals surface area contributed by atoms with Crippen molar-refractivity contribution < 1.29 is 0 Å². The number of aromatic nitrogens is 1. The Labute approximate surface area is 412 Å². The van der Waals surface area contributed by atoms with E-state index in [1.54, 1.807) is 0 Å². The van der Waals surface area contributed by atoms with Crippen LogP contribution in [0.3, 0.4) is 0 Å². The lowest BCUT2D eigenvalue weighted by Gasteiger charge is -2.41. The molecule has 0 fully saturated rings. The molecule has 0 atom stereocenters. The van der Waals surface area contributed by atoms with E-state index in [-0.39, 0.29) is 6.85 Å². The van der Waals surface area contributed by atoms with Crippen molar-refractivity contribution in [2.75, 3.05) is 4.90 Å². The Bertz CT molecular complexity index is 3970. The highest BCUT2D eigenvalue weighted by Crippen LogP contribution is 2.50. The SMILES string of the molecule is Cc1cc(C)cc(-c2ccc(N3c4ccc(-c5cc(C)cc(C)c5)cc4B4c5c(cc(C)cc53)-c3cc(-c5cc(C)cc(C)c5)cc5c6cc(-c7cc(C)cc(C)c7)c7ccccc7c6n4c35)cc2)c1. The van der Waals surface area contributed by atoms with Gasteiger partial charge in [-0.2, -0.15) is 0 Å². The van der Waals surface area contributed by atoms with E-state index in [4.69, 9.17) is 0 Å². The summed E-state index contributed by atoms with van der Waals surface area (Å²) in [6.07, 6.45) is 0. The van der Waals surface area contributed by atoms with E-state index in [2.05, 4.69) is 242 Å². The molecule has 13 rings (SSSR count). The number of anilines is 3. The molecule has 1 aromatic heterocycles. The molecule has 10 aromatic carbocycles. The molecule has 0 spiro atoms. The molecule has 11 aromatic rings. The van der Waals surface area contributed by atoms with Crippen LogP contribution in [0.4, 0.5) is 17.1 Å². The highest BCUT2D eigenvalue weighted by atomic mass is 15.2. The van der Waals surface area contributed by atoms with Crippen LogP contribution in [0, 0.1) is 62.3 Å². The van der Waals surface area contributed by atoms with Crippen molar-refractivity contribution in [1.29, 1.82) is 0 Å². The molecule has 2 aliphatic rings. The summed E-state index contributed by atoms with van der Waals surface area (Å²) >= 11 is 0. The van der Waals surface area contributed by atoms with Crippen LogP contribution in [0.2, 0.25) is 0 Å². The van der Waals surface area contributed by atoms with Crippen molar-refractivity contribution in [3.05, 3.63) is 220 Å². The van der Waals surface area contributed by atoms with Gasteiger partial charge >= 0.3 is 6.85 Å². The maximum atomic E-state index is 2.77. The zero-order valence-corrected chi connectivity index (χ0v) is 41.6. The topological polar surface area (TPSA) is 8.17 Å². The Morgan fingerprint density at radius 1 is 0.300 bits per heavy atom. The molecule has 0 amide bonds. The molecule has 0 unspecified atom stereocenters. The molecule has 3 heterocycles. The van der Waals surface area contributed by atoms with Gasteiger partial charge in [0.15, 0.2) is 0 Å². The van der Waals surface area contributed by atoms with Crippen molar-refractivity contribution in [3.63, 3.8) is 0 Å². The second-order valence-electron chi connectivity index (χ2n) is 21.0. The maximum Gasteiger partial charge on any atom is 0.333 e. The van der Waals surface area contributed by atoms with Crippen LogP contribution in [0.15, 0.2) is 170 Å². The summed E-state index contributed by atoms with van der Waals surface area (Å²) in [6.45, 7) is 19.9. The number of aryl methyl sites for hydroxylation is 9. The van der Waals surface area contributed by atoms with Gasteiger partial charge < -0.3 is 9.38 Å². The van der Waals surface area contributed by atoms with Gasteiger partial charge in [0, 0.05) is 49.8 Å². The lowest BCUT2D eigenvalue weighted by molar-refractivity contribution is 1.25. The summed E-state index contributed by atoms with van der Waals surface area (Å²) < 4.78 is 2.77. The predicted octanol–water partition coefficient (Wildman–Crippen LogP) is 16.8. The summed E-state index contributed by atoms with van der Waals surface area (Å²) in [5.41, 5.74) is 32.9. The lowest BCUT2D eigenvalue weighted by atomic mass is 9.44. The minimum atomic E-state index is -0.104. The second-order valence-corrected chi connectivity index (χ2v) is 21.0. The fourth-order valence-corrected chi connectivity index (χ4v) is 12.7. The minimum absolute atomic E-state index is 0.104. The van der Waals surface area contributed by atoms with E-state index in [9.17, 15) is 0 Å². The van der Waals surface area contributed by atoms with Crippen molar-refractivity contribution in [1.82, 2.24) is 4.48 Å². The van der Waals surface area contributed by atoms with Gasteiger partial charge in [-0.15, -0.1) is 0 Å². The van der Waals surface area contributed by atoms with Crippen LogP contribution >= 0.6 is 0 Å². The number of rotatable bonds is 5. The highest BCUT2D eigenvalue weighted by Gasteiger charge is 2.43. The molecule has 0 aliphatic carbocycles. The fraction of sp³-hybridized carbons (Fsp3) is 0.134. The van der Waals surface area contributed by atoms with Gasteiger partial charge in [0.25, 0.3) is 0 Å². The van der Waals surface area contributed by atoms with Crippen LogP contribution in [0.5, 0.6) is 0 Å². The first-order valence-corrected chi connectivity index (χ1v) is 24.9. The molecule has 0 N–H and O–H groups in total. The largest absolute Gasteiger partial charge is 0.375 e. The molecule has 3 heteroatoms. The van der Waals surface area contributed by atoms with Gasteiger partial charge in [-0.1, -0.05) is 172 Å². The first-order chi connectivity index (χ1) is 33.8. The van der Waals surface area contributed by atoms with Gasteiger partial charge in [0.1, 0.15) is 0 Å². The van der Waals surface area contributed by atoms with E-state index < -0.39 is 0 Å². The molecular weight excluding hydrogens is 844 g/mol. The van der Waals surface area contributed by atoms with E-state index in [0.717, 1.165) is 5.69 Å². The van der Waals surface area contributed by atoms with Crippen LogP contribution in [-0.2, 0) is 0 Å². The molecule has 2 aliphatic heterocycles. The number of nitrogens with zero attached hydrogens (tertiary/aromatic N) is 2. The molecule has 2 nitrogen and oxygen atoms in total. The summed E-state index contributed by atoms with van der Waals surface area (Å²) in [5.74, 6) is 0. The molecule has 0 saturated heterocycles. The number of hydrogen-bond acceptors (Lipinski definition) is 1. The van der Waals surface area contributed by atoms with E-state index >= 15 is 0 Å². The third-order valence-corrected chi connectivity index (χ3v) is 15.1. The van der Waals surface area contributed by atoms with E-state index in [1.807, 2.05) is 0 Å². The van der Waals surface area contributed by atoms with E-state index in [0.29, 0.717) is 0 Å². The van der Waals surface area contributed by atoms with Gasteiger partial charge in [0.05, 0.1) is 0 Å². The third kappa shape index (κ3) is 6.62. The first-order valence-electron chi connectivity index (χ1n) is 24.9. The summed E-state index contributed by atoms with van der Waals surface area (Å²) in [5, 5.41) is 5.13. The maximum absolute atomic E-state index is 2.77. The molecule has 0 saturated carbocycles. The summed E-state index contributed by atoms with van der Waals surface area (Å²) in [6, 6.07) is 66.1. The molecule has 70 heavy (non-hydrogen) atoms. The van der Waals surface area contributed by atoms with Crippen LogP contribution in [0.1, 0.15) is 50.1 Å². The van der Waals surface area contributed by atoms with Gasteiger partial charge in [-0.25, -0.2) is 0 Å². The zero-order valence-electron chi connectivity index (χ0n) is 41.6. The lowest BCUT2D eigenvalue weighted by Crippen LogP contribution is -2.56. The Balaban J connectivity index is 1.17. The van der Waals surface area contributed by atoms with Crippen molar-refractivity contribution in [2.45, 2.75) is 62.3 Å². The van der Waals surface area contributed by atoms with Gasteiger partial charge in [0.2, 0.25) is 0 Å². The van der Waals surface area contributed by atoms with Crippen LogP contribution < -0.4 is 15.8 Å². The van der Waals surface area contributed by atoms with Crippen molar-refractivity contribution >= 4 is 67.4 Å². The predicted molar refractivity (Wildman–Crippen MR) is 302 cm³/mol. The Hall–Kier alpha value is -7.88. The molecular formula is C67H55BN2. The van der Waals surface area contributed by atoms with Gasteiger partial charge in [-0.3, -0.25) is 0 Å². The minimum Gasteiger partial charge on any atom is -0.375 e. The van der Waals surface area contributed by atoms with Gasteiger partial charge in [-0.05, 0) is 177 Å². The average Bonchev–Trinajstić information content (AvgIpc) is 3.65. The Morgan fingerprint density at radius 3 is 1.39 bits per heavy atom. The van der Waals surface area contributed by atoms with Crippen molar-refractivity contribution in [2.24, 2.45) is 0 Å². The number of benzene rings is 10.